The van der Waals surface area contributed by atoms with E-state index in [2.05, 4.69) is 0 Å². The van der Waals surface area contributed by atoms with Gasteiger partial charge in [0.25, 0.3) is 0 Å². The van der Waals surface area contributed by atoms with Crippen LogP contribution in [0.15, 0.2) is 40.4 Å². The highest BCUT2D eigenvalue weighted by molar-refractivity contribution is 6.61. The van der Waals surface area contributed by atoms with E-state index in [0.717, 1.165) is 6.08 Å². The molecule has 0 bridgehead atoms. The molecule has 0 amide bonds. The summed E-state index contributed by atoms with van der Waals surface area (Å²) >= 11 is 11.6. The Kier molecular flexibility index (Phi) is 3.55. The minimum Gasteiger partial charge on any atom is -0.497 e. The number of ketones is 2. The van der Waals surface area contributed by atoms with Gasteiger partial charge < -0.3 is 4.74 Å². The third-order valence-electron chi connectivity index (χ3n) is 2.52. The molecule has 0 saturated carbocycles. The lowest BCUT2D eigenvalue weighted by molar-refractivity contribution is -0.113. The van der Waals surface area contributed by atoms with Crippen molar-refractivity contribution in [2.75, 3.05) is 7.11 Å². The van der Waals surface area contributed by atoms with Crippen LogP contribution in [0.5, 0.6) is 5.75 Å². The zero-order chi connectivity index (χ0) is 13.3. The van der Waals surface area contributed by atoms with Gasteiger partial charge in [0.15, 0.2) is 5.78 Å². The first-order chi connectivity index (χ1) is 8.54. The van der Waals surface area contributed by atoms with Gasteiger partial charge in [-0.05, 0) is 17.7 Å². The number of ether oxygens (including phenoxy) is 1. The number of carbonyl (C=O) groups excluding carboxylic acids is 2. The summed E-state index contributed by atoms with van der Waals surface area (Å²) in [5.41, 5.74) is 0.655. The van der Waals surface area contributed by atoms with Crippen molar-refractivity contribution in [3.8, 4) is 5.75 Å². The monoisotopic (exact) mass is 282 g/mol. The van der Waals surface area contributed by atoms with Crippen LogP contribution >= 0.6 is 23.2 Å². The van der Waals surface area contributed by atoms with Gasteiger partial charge in [-0.15, -0.1) is 0 Å². The van der Waals surface area contributed by atoms with Gasteiger partial charge in [0.05, 0.1) is 22.7 Å². The predicted octanol–water partition coefficient (Wildman–Crippen LogP) is 2.92. The lowest BCUT2D eigenvalue weighted by Gasteiger charge is -2.12. The molecule has 2 rings (SSSR count). The second-order valence-electron chi connectivity index (χ2n) is 3.60. The van der Waals surface area contributed by atoms with E-state index in [4.69, 9.17) is 27.9 Å². The van der Waals surface area contributed by atoms with Crippen molar-refractivity contribution in [3.05, 3.63) is 46.0 Å². The van der Waals surface area contributed by atoms with Gasteiger partial charge >= 0.3 is 0 Å². The second-order valence-corrected chi connectivity index (χ2v) is 4.39. The Morgan fingerprint density at radius 3 is 2.22 bits per heavy atom. The van der Waals surface area contributed by atoms with E-state index < -0.39 is 11.6 Å². The molecule has 0 aromatic heterocycles. The van der Waals surface area contributed by atoms with Gasteiger partial charge in [0.1, 0.15) is 5.75 Å². The molecule has 3 nitrogen and oxygen atoms in total. The number of benzene rings is 1. The normalized spacial score (nSPS) is 15.8. The molecular formula is C13H8Cl2O3. The summed E-state index contributed by atoms with van der Waals surface area (Å²) in [6.07, 6.45) is 1.03. The Hall–Kier alpha value is -1.58. The van der Waals surface area contributed by atoms with E-state index in [1.165, 1.54) is 7.11 Å². The maximum Gasteiger partial charge on any atom is 0.206 e. The van der Waals surface area contributed by atoms with Crippen LogP contribution in [0.1, 0.15) is 5.56 Å². The van der Waals surface area contributed by atoms with Crippen molar-refractivity contribution in [3.63, 3.8) is 0 Å². The molecule has 0 aliphatic heterocycles. The van der Waals surface area contributed by atoms with Gasteiger partial charge in [-0.25, -0.2) is 0 Å². The van der Waals surface area contributed by atoms with E-state index in [1.54, 1.807) is 24.3 Å². The van der Waals surface area contributed by atoms with E-state index in [0.29, 0.717) is 11.3 Å². The Morgan fingerprint density at radius 1 is 1.06 bits per heavy atom. The summed E-state index contributed by atoms with van der Waals surface area (Å²) in [7, 11) is 1.54. The first kappa shape index (κ1) is 12.9. The molecular weight excluding hydrogens is 275 g/mol. The van der Waals surface area contributed by atoms with Crippen LogP contribution in [0.3, 0.4) is 0 Å². The van der Waals surface area contributed by atoms with Gasteiger partial charge in [-0.2, -0.15) is 0 Å². The van der Waals surface area contributed by atoms with Crippen molar-refractivity contribution in [1.82, 2.24) is 0 Å². The highest BCUT2D eigenvalue weighted by Gasteiger charge is 2.27. The third kappa shape index (κ3) is 2.19. The van der Waals surface area contributed by atoms with Crippen molar-refractivity contribution < 1.29 is 14.3 Å². The molecule has 0 unspecified atom stereocenters. The fourth-order valence-corrected chi connectivity index (χ4v) is 2.04. The van der Waals surface area contributed by atoms with Crippen molar-refractivity contribution in [2.45, 2.75) is 0 Å². The highest BCUT2D eigenvalue weighted by Crippen LogP contribution is 2.32. The maximum atomic E-state index is 11.9. The number of rotatable bonds is 2. The number of allylic oxidation sites excluding steroid dienone is 4. The van der Waals surface area contributed by atoms with Crippen LogP contribution in [0.4, 0.5) is 0 Å². The van der Waals surface area contributed by atoms with Crippen LogP contribution in [0, 0.1) is 0 Å². The van der Waals surface area contributed by atoms with Gasteiger partial charge in [-0.3, -0.25) is 9.59 Å². The molecule has 1 aliphatic rings. The quantitative estimate of drug-likeness (QED) is 0.784. The zero-order valence-electron chi connectivity index (χ0n) is 9.37. The number of hydrogen-bond donors (Lipinski definition) is 0. The Morgan fingerprint density at radius 2 is 1.67 bits per heavy atom. The predicted molar refractivity (Wildman–Crippen MR) is 69.7 cm³/mol. The molecule has 1 aromatic carbocycles. The minimum absolute atomic E-state index is 0.116. The molecule has 0 N–H and O–H groups in total. The lowest BCUT2D eigenvalue weighted by atomic mass is 9.96. The van der Waals surface area contributed by atoms with E-state index >= 15 is 0 Å². The number of carbonyl (C=O) groups is 2. The van der Waals surface area contributed by atoms with Crippen LogP contribution in [-0.4, -0.2) is 18.7 Å². The smallest absolute Gasteiger partial charge is 0.206 e. The lowest BCUT2D eigenvalue weighted by Crippen LogP contribution is -2.13. The second kappa shape index (κ2) is 4.96. The van der Waals surface area contributed by atoms with Crippen LogP contribution in [0.2, 0.25) is 0 Å². The van der Waals surface area contributed by atoms with Gasteiger partial charge in [0, 0.05) is 6.08 Å². The van der Waals surface area contributed by atoms with Gasteiger partial charge in [-0.1, -0.05) is 35.3 Å². The number of halogens is 2. The Bertz CT molecular complexity index is 583. The molecule has 18 heavy (non-hydrogen) atoms. The molecule has 0 atom stereocenters. The molecule has 0 heterocycles. The van der Waals surface area contributed by atoms with Crippen LogP contribution in [-0.2, 0) is 9.59 Å². The van der Waals surface area contributed by atoms with Gasteiger partial charge in [0.2, 0.25) is 5.78 Å². The van der Waals surface area contributed by atoms with Crippen molar-refractivity contribution >= 4 is 40.3 Å². The molecule has 0 saturated heterocycles. The number of hydrogen-bond acceptors (Lipinski definition) is 3. The van der Waals surface area contributed by atoms with Crippen LogP contribution < -0.4 is 4.74 Å². The SMILES string of the molecule is COc1ccc(C2=C(Cl)C(=O)C=C(Cl)C2=O)cc1. The molecule has 0 spiro atoms. The maximum absolute atomic E-state index is 11.9. The topological polar surface area (TPSA) is 43.4 Å². The molecule has 0 radical (unpaired) electrons. The molecule has 1 aliphatic carbocycles. The largest absolute Gasteiger partial charge is 0.497 e. The Labute approximate surface area is 114 Å². The fourth-order valence-electron chi connectivity index (χ4n) is 1.60. The standard InChI is InChI=1S/C13H8Cl2O3/c1-18-8-4-2-7(3-5-8)11-12(15)10(16)6-9(14)13(11)17/h2-6H,1H3. The average Bonchev–Trinajstić information content (AvgIpc) is 2.37. The average molecular weight is 283 g/mol. The number of methoxy groups -OCH3 is 1. The van der Waals surface area contributed by atoms with Crippen molar-refractivity contribution in [1.29, 1.82) is 0 Å². The molecule has 92 valence electrons. The molecule has 0 fully saturated rings. The molecule has 5 heteroatoms. The van der Waals surface area contributed by atoms with E-state index in [-0.39, 0.29) is 15.6 Å². The minimum atomic E-state index is -0.466. The highest BCUT2D eigenvalue weighted by atomic mass is 35.5. The summed E-state index contributed by atoms with van der Waals surface area (Å²) in [5, 5.41) is -0.246. The first-order valence-corrected chi connectivity index (χ1v) is 5.80. The fraction of sp³-hybridized carbons (Fsp3) is 0.0769. The van der Waals surface area contributed by atoms with E-state index in [1.807, 2.05) is 0 Å². The third-order valence-corrected chi connectivity index (χ3v) is 3.17. The zero-order valence-corrected chi connectivity index (χ0v) is 10.9. The Balaban J connectivity index is 2.50. The van der Waals surface area contributed by atoms with Crippen LogP contribution in [0.25, 0.3) is 5.57 Å². The summed E-state index contributed by atoms with van der Waals surface area (Å²) in [6, 6.07) is 6.65. The van der Waals surface area contributed by atoms with E-state index in [9.17, 15) is 9.59 Å². The van der Waals surface area contributed by atoms with Crippen molar-refractivity contribution in [2.24, 2.45) is 0 Å². The molecule has 1 aromatic rings. The summed E-state index contributed by atoms with van der Waals surface area (Å²) in [5.74, 6) is -0.273. The summed E-state index contributed by atoms with van der Waals surface area (Å²) in [4.78, 5) is 23.4. The first-order valence-electron chi connectivity index (χ1n) is 5.05. The number of Topliss-reactive ketones (excluding diaryl/α,β-unsaturated/α-hetero) is 1. The summed E-state index contributed by atoms with van der Waals surface area (Å²) in [6.45, 7) is 0. The summed E-state index contributed by atoms with van der Waals surface area (Å²) < 4.78 is 5.01.